The van der Waals surface area contributed by atoms with E-state index in [1.807, 2.05) is 0 Å². The molecule has 4 N–H and O–H groups in total. The summed E-state index contributed by atoms with van der Waals surface area (Å²) in [5, 5.41) is 9.80. The zero-order valence-corrected chi connectivity index (χ0v) is 11.5. The minimum Gasteiger partial charge on any atom is -0.390 e. The van der Waals surface area contributed by atoms with Crippen molar-refractivity contribution in [2.75, 3.05) is 6.61 Å². The molecule has 9 nitrogen and oxygen atoms in total. The van der Waals surface area contributed by atoms with Crippen molar-refractivity contribution in [2.24, 2.45) is 0 Å². The van der Waals surface area contributed by atoms with E-state index >= 15 is 0 Å². The van der Waals surface area contributed by atoms with Gasteiger partial charge in [-0.1, -0.05) is 0 Å². The lowest BCUT2D eigenvalue weighted by molar-refractivity contribution is -0.0425. The summed E-state index contributed by atoms with van der Waals surface area (Å²) in [5.74, 6) is 0. The van der Waals surface area contributed by atoms with E-state index in [-0.39, 0.29) is 13.0 Å². The highest BCUT2D eigenvalue weighted by molar-refractivity contribution is 7.39. The Bertz CT molecular complexity index is 584. The summed E-state index contributed by atoms with van der Waals surface area (Å²) in [4.78, 5) is 42.4. The summed E-state index contributed by atoms with van der Waals surface area (Å²) in [6.45, 7) is 1.35. The summed E-state index contributed by atoms with van der Waals surface area (Å²) in [7, 11) is -2.53. The molecule has 1 aliphatic rings. The Labute approximate surface area is 114 Å². The number of ether oxygens (including phenoxy) is 1. The number of hydrogen-bond donors (Lipinski definition) is 4. The lowest BCUT2D eigenvalue weighted by Gasteiger charge is -2.16. The molecule has 1 unspecified atom stereocenters. The fourth-order valence-corrected chi connectivity index (χ4v) is 2.26. The van der Waals surface area contributed by atoms with E-state index in [9.17, 15) is 14.7 Å². The molecule has 1 aromatic rings. The Morgan fingerprint density at radius 2 is 2.25 bits per heavy atom. The molecule has 0 spiro atoms. The third kappa shape index (κ3) is 3.32. The normalized spacial score (nSPS) is 26.4. The molecule has 3 atom stereocenters. The van der Waals surface area contributed by atoms with Crippen LogP contribution >= 0.6 is 8.60 Å². The van der Waals surface area contributed by atoms with Gasteiger partial charge in [-0.15, -0.1) is 0 Å². The fraction of sp³-hybridized carbons (Fsp3) is 0.600. The molecule has 112 valence electrons. The van der Waals surface area contributed by atoms with E-state index in [0.717, 1.165) is 0 Å². The fourth-order valence-electron chi connectivity index (χ4n) is 1.98. The average molecular weight is 306 g/mol. The van der Waals surface area contributed by atoms with Crippen molar-refractivity contribution in [2.45, 2.75) is 31.8 Å². The van der Waals surface area contributed by atoms with Crippen LogP contribution in [-0.2, 0) is 9.26 Å². The van der Waals surface area contributed by atoms with Gasteiger partial charge in [0.2, 0.25) is 0 Å². The zero-order chi connectivity index (χ0) is 14.9. The molecule has 1 saturated heterocycles. The van der Waals surface area contributed by atoms with Crippen molar-refractivity contribution < 1.29 is 24.2 Å². The first kappa shape index (κ1) is 15.3. The average Bonchev–Trinajstić information content (AvgIpc) is 2.72. The second kappa shape index (κ2) is 6.13. The first-order chi connectivity index (χ1) is 9.38. The van der Waals surface area contributed by atoms with Crippen LogP contribution in [0.25, 0.3) is 0 Å². The summed E-state index contributed by atoms with van der Waals surface area (Å²) in [5.41, 5.74) is -0.765. The van der Waals surface area contributed by atoms with Gasteiger partial charge >= 0.3 is 14.3 Å². The summed E-state index contributed by atoms with van der Waals surface area (Å²) in [6, 6.07) is 0. The van der Waals surface area contributed by atoms with E-state index in [2.05, 4.69) is 9.51 Å². The third-order valence-corrected chi connectivity index (χ3v) is 3.39. The summed E-state index contributed by atoms with van der Waals surface area (Å²) in [6.07, 6.45) is -0.941. The molecule has 2 rings (SSSR count). The maximum atomic E-state index is 11.7. The molecule has 1 aromatic heterocycles. The van der Waals surface area contributed by atoms with Crippen LogP contribution in [0.5, 0.6) is 0 Å². The number of aliphatic hydroxyl groups is 1. The molecule has 0 amide bonds. The topological polar surface area (TPSA) is 134 Å². The predicted octanol–water partition coefficient (Wildman–Crippen LogP) is -1.28. The Kier molecular flexibility index (Phi) is 4.69. The molecule has 0 bridgehead atoms. The second-order valence-electron chi connectivity index (χ2n) is 4.46. The van der Waals surface area contributed by atoms with Gasteiger partial charge in [0.25, 0.3) is 5.56 Å². The molecule has 0 aromatic carbocycles. The maximum Gasteiger partial charge on any atom is 0.330 e. The van der Waals surface area contributed by atoms with Crippen LogP contribution < -0.4 is 11.2 Å². The summed E-state index contributed by atoms with van der Waals surface area (Å²) >= 11 is 0. The number of aryl methyl sites for hydroxylation is 1. The number of rotatable bonds is 4. The monoisotopic (exact) mass is 306 g/mol. The molecule has 20 heavy (non-hydrogen) atoms. The van der Waals surface area contributed by atoms with E-state index in [4.69, 9.17) is 14.5 Å². The van der Waals surface area contributed by atoms with Crippen LogP contribution in [0.1, 0.15) is 18.2 Å². The first-order valence-corrected chi connectivity index (χ1v) is 7.01. The van der Waals surface area contributed by atoms with Gasteiger partial charge in [-0.05, 0) is 6.92 Å². The Balaban J connectivity index is 2.14. The van der Waals surface area contributed by atoms with E-state index in [1.54, 1.807) is 6.92 Å². The van der Waals surface area contributed by atoms with Crippen molar-refractivity contribution in [1.82, 2.24) is 9.55 Å². The largest absolute Gasteiger partial charge is 0.390 e. The number of nitrogens with one attached hydrogen (secondary N) is 1. The SMILES string of the molecule is Cc1cn([C@H]2CC(O)[C@@H](COP(O)O)O2)c(=O)[nH]c1=O. The summed E-state index contributed by atoms with van der Waals surface area (Å²) < 4.78 is 11.2. The Hall–Kier alpha value is -1.09. The molecule has 1 fully saturated rings. The molecular weight excluding hydrogens is 291 g/mol. The quantitative estimate of drug-likeness (QED) is 0.509. The van der Waals surface area contributed by atoms with Crippen molar-refractivity contribution in [3.05, 3.63) is 32.6 Å². The third-order valence-electron chi connectivity index (χ3n) is 3.01. The van der Waals surface area contributed by atoms with Gasteiger partial charge in [-0.25, -0.2) is 4.79 Å². The minimum atomic E-state index is -2.53. The second-order valence-corrected chi connectivity index (χ2v) is 5.22. The van der Waals surface area contributed by atoms with Crippen LogP contribution in [0.3, 0.4) is 0 Å². The molecule has 0 saturated carbocycles. The highest BCUT2D eigenvalue weighted by Crippen LogP contribution is 2.31. The van der Waals surface area contributed by atoms with Gasteiger partial charge < -0.3 is 24.2 Å². The van der Waals surface area contributed by atoms with Gasteiger partial charge in [0.05, 0.1) is 12.7 Å². The van der Waals surface area contributed by atoms with E-state index < -0.39 is 38.3 Å². The van der Waals surface area contributed by atoms with Crippen LogP contribution in [0.2, 0.25) is 0 Å². The number of nitrogens with zero attached hydrogens (tertiary/aromatic N) is 1. The molecule has 0 radical (unpaired) electrons. The maximum absolute atomic E-state index is 11.7. The lowest BCUT2D eigenvalue weighted by atomic mass is 10.2. The van der Waals surface area contributed by atoms with Gasteiger partial charge in [0.15, 0.2) is 0 Å². The first-order valence-electron chi connectivity index (χ1n) is 5.85. The van der Waals surface area contributed by atoms with Gasteiger partial charge in [0, 0.05) is 18.2 Å². The molecule has 1 aliphatic heterocycles. The van der Waals surface area contributed by atoms with E-state index in [0.29, 0.717) is 5.56 Å². The predicted molar refractivity (Wildman–Crippen MR) is 67.9 cm³/mol. The smallest absolute Gasteiger partial charge is 0.330 e. The standard InChI is InChI=1S/C10H15N2O7P/c1-5-3-12(10(15)11-9(5)14)8-2-6(13)7(19-8)4-18-20(16)17/h3,6-8,13,16-17H,2,4H2,1H3,(H,11,14,15)/t6?,7-,8-/m1/s1. The highest BCUT2D eigenvalue weighted by atomic mass is 31.2. The zero-order valence-electron chi connectivity index (χ0n) is 10.6. The molecular formula is C10H15N2O7P. The molecule has 0 aliphatic carbocycles. The number of aromatic amines is 1. The van der Waals surface area contributed by atoms with Crippen molar-refractivity contribution >= 4 is 8.60 Å². The van der Waals surface area contributed by atoms with Crippen LogP contribution in [0, 0.1) is 6.92 Å². The number of aliphatic hydroxyl groups excluding tert-OH is 1. The Morgan fingerprint density at radius 3 is 2.90 bits per heavy atom. The number of hydrogen-bond acceptors (Lipinski definition) is 7. The van der Waals surface area contributed by atoms with Crippen molar-refractivity contribution in [1.29, 1.82) is 0 Å². The Morgan fingerprint density at radius 1 is 1.55 bits per heavy atom. The van der Waals surface area contributed by atoms with Crippen LogP contribution in [-0.4, -0.2) is 43.3 Å². The number of H-pyrrole nitrogens is 1. The van der Waals surface area contributed by atoms with Gasteiger partial charge in [-0.3, -0.25) is 14.3 Å². The number of aromatic nitrogens is 2. The van der Waals surface area contributed by atoms with Crippen molar-refractivity contribution in [3.63, 3.8) is 0 Å². The van der Waals surface area contributed by atoms with Crippen LogP contribution in [0.4, 0.5) is 0 Å². The van der Waals surface area contributed by atoms with E-state index in [1.165, 1.54) is 10.8 Å². The van der Waals surface area contributed by atoms with Crippen LogP contribution in [0.15, 0.2) is 15.8 Å². The van der Waals surface area contributed by atoms with Crippen molar-refractivity contribution in [3.8, 4) is 0 Å². The van der Waals surface area contributed by atoms with Gasteiger partial charge in [-0.2, -0.15) is 0 Å². The molecule has 2 heterocycles. The lowest BCUT2D eigenvalue weighted by Crippen LogP contribution is -2.33. The molecule has 10 heteroatoms. The minimum absolute atomic E-state index is 0.133. The highest BCUT2D eigenvalue weighted by Gasteiger charge is 2.36. The van der Waals surface area contributed by atoms with Gasteiger partial charge in [0.1, 0.15) is 12.3 Å².